The quantitative estimate of drug-likeness (QED) is 0.110. The SMILES string of the molecule is Cc1cc(N(C)c2ccc(-c3cnn(CC(C)(C)C)c3C)c(C(=O)NS(=O)(=O)CCCCCC(=O)O)n2)nnc1Nc1nc2ccccc2s1. The number of unbranched alkanes of at least 4 members (excludes halogenated alkanes) is 2. The molecular formula is C34H41N9O5S2. The van der Waals surface area contributed by atoms with Crippen LogP contribution in [0.15, 0.2) is 48.7 Å². The van der Waals surface area contributed by atoms with Gasteiger partial charge in [-0.3, -0.25) is 14.3 Å². The zero-order valence-electron chi connectivity index (χ0n) is 28.9. The van der Waals surface area contributed by atoms with Gasteiger partial charge in [0.15, 0.2) is 16.8 Å². The van der Waals surface area contributed by atoms with Crippen LogP contribution in [0.1, 0.15) is 68.2 Å². The smallest absolute Gasteiger partial charge is 0.303 e. The summed E-state index contributed by atoms with van der Waals surface area (Å²) >= 11 is 1.51. The summed E-state index contributed by atoms with van der Waals surface area (Å²) in [6.07, 6.45) is 2.56. The molecule has 4 aromatic heterocycles. The van der Waals surface area contributed by atoms with Gasteiger partial charge < -0.3 is 15.3 Å². The molecule has 0 unspecified atom stereocenters. The molecule has 0 spiro atoms. The van der Waals surface area contributed by atoms with Crippen LogP contribution in [0.4, 0.5) is 22.6 Å². The van der Waals surface area contributed by atoms with Crippen LogP contribution in [0.2, 0.25) is 0 Å². The molecule has 3 N–H and O–H groups in total. The van der Waals surface area contributed by atoms with Gasteiger partial charge in [0.05, 0.1) is 22.2 Å². The third-order valence-corrected chi connectivity index (χ3v) is 10.1. The Morgan fingerprint density at radius 3 is 2.44 bits per heavy atom. The van der Waals surface area contributed by atoms with Crippen molar-refractivity contribution in [2.75, 3.05) is 23.0 Å². The highest BCUT2D eigenvalue weighted by Gasteiger charge is 2.25. The number of sulfonamides is 1. The topological polar surface area (TPSA) is 185 Å². The predicted octanol–water partition coefficient (Wildman–Crippen LogP) is 6.22. The minimum Gasteiger partial charge on any atom is -0.481 e. The summed E-state index contributed by atoms with van der Waals surface area (Å²) in [5, 5.41) is 26.1. The van der Waals surface area contributed by atoms with Gasteiger partial charge in [-0.1, -0.05) is 50.7 Å². The van der Waals surface area contributed by atoms with Gasteiger partial charge in [0.25, 0.3) is 5.91 Å². The second-order valence-corrected chi connectivity index (χ2v) is 16.2. The van der Waals surface area contributed by atoms with Crippen LogP contribution in [0.25, 0.3) is 21.3 Å². The van der Waals surface area contributed by atoms with E-state index in [2.05, 4.69) is 56.1 Å². The van der Waals surface area contributed by atoms with Crippen molar-refractivity contribution in [3.63, 3.8) is 0 Å². The predicted molar refractivity (Wildman–Crippen MR) is 195 cm³/mol. The van der Waals surface area contributed by atoms with Crippen LogP contribution in [0.5, 0.6) is 0 Å². The maximum atomic E-state index is 13.7. The number of nitrogens with zero attached hydrogens (tertiary/aromatic N) is 7. The molecule has 0 atom stereocenters. The molecule has 5 rings (SSSR count). The number of anilines is 4. The highest BCUT2D eigenvalue weighted by Crippen LogP contribution is 2.32. The van der Waals surface area contributed by atoms with Gasteiger partial charge in [0, 0.05) is 36.8 Å². The largest absolute Gasteiger partial charge is 0.481 e. The highest BCUT2D eigenvalue weighted by atomic mass is 32.2. The van der Waals surface area contributed by atoms with E-state index in [1.54, 1.807) is 30.3 Å². The highest BCUT2D eigenvalue weighted by molar-refractivity contribution is 7.90. The third kappa shape index (κ3) is 8.98. The molecular weight excluding hydrogens is 679 g/mol. The van der Waals surface area contributed by atoms with Gasteiger partial charge in [0.1, 0.15) is 11.5 Å². The number of hydrogen-bond acceptors (Lipinski definition) is 12. The molecule has 0 saturated carbocycles. The lowest BCUT2D eigenvalue weighted by Gasteiger charge is -2.20. The number of rotatable bonds is 14. The van der Waals surface area contributed by atoms with Crippen LogP contribution in [-0.2, 0) is 21.4 Å². The average Bonchev–Trinajstić information content (AvgIpc) is 3.62. The summed E-state index contributed by atoms with van der Waals surface area (Å²) in [4.78, 5) is 35.4. The molecule has 0 radical (unpaired) electrons. The van der Waals surface area contributed by atoms with Crippen molar-refractivity contribution in [2.24, 2.45) is 5.41 Å². The fraction of sp³-hybridized carbons (Fsp3) is 0.382. The van der Waals surface area contributed by atoms with Crippen LogP contribution in [0.3, 0.4) is 0 Å². The third-order valence-electron chi connectivity index (χ3n) is 7.84. The van der Waals surface area contributed by atoms with Crippen molar-refractivity contribution >= 4 is 66.0 Å². The Morgan fingerprint density at radius 2 is 1.74 bits per heavy atom. The van der Waals surface area contributed by atoms with Gasteiger partial charge in [-0.05, 0) is 68.0 Å². The van der Waals surface area contributed by atoms with Gasteiger partial charge in [-0.15, -0.1) is 10.2 Å². The number of aliphatic carboxylic acids is 1. The number of benzene rings is 1. The number of carboxylic acid groups (broad SMARTS) is 1. The molecule has 264 valence electrons. The molecule has 4 heterocycles. The first-order valence-corrected chi connectivity index (χ1v) is 18.6. The molecule has 1 amide bonds. The fourth-order valence-electron chi connectivity index (χ4n) is 5.23. The van der Waals surface area contributed by atoms with Crippen LogP contribution in [-0.4, -0.2) is 68.1 Å². The fourth-order valence-corrected chi connectivity index (χ4v) is 7.16. The Hall–Kier alpha value is -4.96. The molecule has 0 bridgehead atoms. The molecule has 0 aliphatic carbocycles. The summed E-state index contributed by atoms with van der Waals surface area (Å²) < 4.78 is 31.0. The van der Waals surface area contributed by atoms with Gasteiger partial charge in [-0.2, -0.15) is 5.10 Å². The number of carbonyl (C=O) groups is 2. The average molecular weight is 720 g/mol. The first-order valence-electron chi connectivity index (χ1n) is 16.1. The minimum absolute atomic E-state index is 0.0471. The maximum Gasteiger partial charge on any atom is 0.303 e. The number of carboxylic acids is 1. The first kappa shape index (κ1) is 36.3. The Kier molecular flexibility index (Phi) is 10.8. The normalized spacial score (nSPS) is 11.9. The second kappa shape index (κ2) is 14.9. The number of para-hydroxylation sites is 1. The van der Waals surface area contributed by atoms with Crippen molar-refractivity contribution < 1.29 is 23.1 Å². The van der Waals surface area contributed by atoms with E-state index < -0.39 is 21.9 Å². The van der Waals surface area contributed by atoms with E-state index in [4.69, 9.17) is 5.11 Å². The molecule has 0 aliphatic rings. The van der Waals surface area contributed by atoms with Gasteiger partial charge >= 0.3 is 5.97 Å². The maximum absolute atomic E-state index is 13.7. The zero-order valence-corrected chi connectivity index (χ0v) is 30.5. The van der Waals surface area contributed by atoms with E-state index in [1.165, 1.54) is 11.3 Å². The molecule has 0 saturated heterocycles. The van der Waals surface area contributed by atoms with E-state index in [1.807, 2.05) is 48.9 Å². The van der Waals surface area contributed by atoms with E-state index in [0.29, 0.717) is 53.1 Å². The van der Waals surface area contributed by atoms with E-state index in [0.717, 1.165) is 21.5 Å². The van der Waals surface area contributed by atoms with Gasteiger partial charge in [0.2, 0.25) is 10.0 Å². The lowest BCUT2D eigenvalue weighted by atomic mass is 9.97. The van der Waals surface area contributed by atoms with Gasteiger partial charge in [-0.25, -0.2) is 23.1 Å². The molecule has 50 heavy (non-hydrogen) atoms. The van der Waals surface area contributed by atoms with Crippen molar-refractivity contribution in [1.29, 1.82) is 0 Å². The van der Waals surface area contributed by atoms with Crippen molar-refractivity contribution in [1.82, 2.24) is 34.7 Å². The number of nitrogens with one attached hydrogen (secondary N) is 2. The Bertz CT molecular complexity index is 2110. The molecule has 0 fully saturated rings. The van der Waals surface area contributed by atoms with E-state index >= 15 is 0 Å². The summed E-state index contributed by atoms with van der Waals surface area (Å²) in [5.74, 6) is -0.828. The first-order chi connectivity index (χ1) is 23.6. The summed E-state index contributed by atoms with van der Waals surface area (Å²) in [7, 11) is -2.31. The Labute approximate surface area is 295 Å². The zero-order chi connectivity index (χ0) is 36.2. The molecule has 0 aliphatic heterocycles. The number of thiazole rings is 1. The number of aromatic nitrogens is 6. The number of hydrogen-bond donors (Lipinski definition) is 3. The lowest BCUT2D eigenvalue weighted by Crippen LogP contribution is -2.33. The number of amides is 1. The number of fused-ring (bicyclic) bond motifs is 1. The summed E-state index contributed by atoms with van der Waals surface area (Å²) in [6.45, 7) is 10.7. The molecule has 5 aromatic rings. The molecule has 14 nitrogen and oxygen atoms in total. The van der Waals surface area contributed by atoms with E-state index in [9.17, 15) is 18.0 Å². The standard InChI is InChI=1S/C34H41N9O5S2/c1-21-18-28(39-40-31(21)38-33-36-25-12-9-10-13-26(25)49-33)42(6)27-16-15-23(24-19-35-43(22(24)2)20-34(3,4)5)30(37-27)32(46)41-50(47,48)17-11-7-8-14-29(44)45/h9-10,12-13,15-16,18-19H,7-8,11,14,17,20H2,1-6H3,(H,41,46)(H,44,45)(H,36,38,40). The van der Waals surface area contributed by atoms with Crippen molar-refractivity contribution in [3.05, 3.63) is 65.6 Å². The lowest BCUT2D eigenvalue weighted by molar-refractivity contribution is -0.137. The van der Waals surface area contributed by atoms with E-state index in [-0.39, 0.29) is 29.7 Å². The van der Waals surface area contributed by atoms with Crippen LogP contribution < -0.4 is 14.9 Å². The molecule has 16 heteroatoms. The number of aryl methyl sites for hydroxylation is 1. The Morgan fingerprint density at radius 1 is 0.980 bits per heavy atom. The second-order valence-electron chi connectivity index (χ2n) is 13.3. The number of carbonyl (C=O) groups excluding carboxylic acids is 1. The number of pyridine rings is 1. The minimum atomic E-state index is -4.04. The monoisotopic (exact) mass is 719 g/mol. The summed E-state index contributed by atoms with van der Waals surface area (Å²) in [5.41, 5.74) is 3.40. The van der Waals surface area contributed by atoms with Crippen LogP contribution >= 0.6 is 11.3 Å². The van der Waals surface area contributed by atoms with Crippen molar-refractivity contribution in [2.45, 2.75) is 66.8 Å². The Balaban J connectivity index is 1.42. The van der Waals surface area contributed by atoms with Crippen molar-refractivity contribution in [3.8, 4) is 11.1 Å². The van der Waals surface area contributed by atoms with Crippen LogP contribution in [0, 0.1) is 19.3 Å². The summed E-state index contributed by atoms with van der Waals surface area (Å²) in [6, 6.07) is 13.1. The molecule has 1 aromatic carbocycles.